The molecule has 5 rings (SSSR count). The number of benzene rings is 2. The number of nitrogens with zero attached hydrogens (tertiary/aromatic N) is 3. The first-order valence-electron chi connectivity index (χ1n) is 13.4. The zero-order valence-corrected chi connectivity index (χ0v) is 21.4. The summed E-state index contributed by atoms with van der Waals surface area (Å²) in [6.07, 6.45) is 6.80. The zero-order valence-electron chi connectivity index (χ0n) is 21.4. The van der Waals surface area contributed by atoms with Crippen LogP contribution in [0.15, 0.2) is 54.6 Å². The van der Waals surface area contributed by atoms with Gasteiger partial charge < -0.3 is 19.9 Å². The molecule has 0 spiro atoms. The standard InChI is InChI=1S/C30H40N4O/c1-33(21-24-14-18-34(19-15-24)22-23-8-9-23)17-5-16-31-30-20-29(25-10-12-26(35-2)13-11-25)32-28-7-4-3-6-27(28)30/h3-4,6-7,10-13,20,23-24H,5,8-9,14-19,21-22H2,1-2H3,(H,31,32). The normalized spacial score (nSPS) is 17.2. The molecule has 2 heterocycles. The van der Waals surface area contributed by atoms with Crippen molar-refractivity contribution in [3.05, 3.63) is 54.6 Å². The molecule has 2 aromatic carbocycles. The third-order valence-electron chi connectivity index (χ3n) is 7.62. The number of pyridine rings is 1. The quantitative estimate of drug-likeness (QED) is 0.359. The Morgan fingerprint density at radius 3 is 2.51 bits per heavy atom. The number of para-hydroxylation sites is 1. The lowest BCUT2D eigenvalue weighted by Crippen LogP contribution is -2.39. The predicted octanol–water partition coefficient (Wildman–Crippen LogP) is 5.77. The van der Waals surface area contributed by atoms with E-state index >= 15 is 0 Å². The third-order valence-corrected chi connectivity index (χ3v) is 7.62. The second-order valence-electron chi connectivity index (χ2n) is 10.5. The molecule has 1 saturated heterocycles. The van der Waals surface area contributed by atoms with Crippen molar-refractivity contribution < 1.29 is 4.74 Å². The highest BCUT2D eigenvalue weighted by Crippen LogP contribution is 2.31. The van der Waals surface area contributed by atoms with Gasteiger partial charge in [-0.25, -0.2) is 4.98 Å². The first kappa shape index (κ1) is 24.1. The molecule has 1 aromatic heterocycles. The van der Waals surface area contributed by atoms with E-state index in [1.807, 2.05) is 12.1 Å². The van der Waals surface area contributed by atoms with Gasteiger partial charge in [-0.1, -0.05) is 18.2 Å². The second kappa shape index (κ2) is 11.4. The lowest BCUT2D eigenvalue weighted by molar-refractivity contribution is 0.150. The van der Waals surface area contributed by atoms with Crippen LogP contribution in [0.1, 0.15) is 32.1 Å². The van der Waals surface area contributed by atoms with Crippen LogP contribution in [-0.4, -0.2) is 68.2 Å². The molecule has 2 fully saturated rings. The van der Waals surface area contributed by atoms with Gasteiger partial charge in [0.1, 0.15) is 5.75 Å². The topological polar surface area (TPSA) is 40.6 Å². The third kappa shape index (κ3) is 6.53. The molecular weight excluding hydrogens is 432 g/mol. The highest BCUT2D eigenvalue weighted by molar-refractivity contribution is 5.93. The molecule has 2 aliphatic rings. The van der Waals surface area contributed by atoms with Gasteiger partial charge in [0, 0.05) is 36.3 Å². The Bertz CT molecular complexity index is 1090. The monoisotopic (exact) mass is 472 g/mol. The number of methoxy groups -OCH3 is 1. The Balaban J connectivity index is 1.13. The van der Waals surface area contributed by atoms with Gasteiger partial charge in [0.15, 0.2) is 0 Å². The fourth-order valence-corrected chi connectivity index (χ4v) is 5.35. The Kier molecular flexibility index (Phi) is 7.85. The molecule has 1 aliphatic carbocycles. The van der Waals surface area contributed by atoms with Gasteiger partial charge in [-0.15, -0.1) is 0 Å². The van der Waals surface area contributed by atoms with Gasteiger partial charge in [0.2, 0.25) is 0 Å². The molecule has 1 aliphatic heterocycles. The Morgan fingerprint density at radius 1 is 1.00 bits per heavy atom. The summed E-state index contributed by atoms with van der Waals surface area (Å²) < 4.78 is 5.31. The smallest absolute Gasteiger partial charge is 0.118 e. The summed E-state index contributed by atoms with van der Waals surface area (Å²) in [5.74, 6) is 2.74. The van der Waals surface area contributed by atoms with E-state index in [1.165, 1.54) is 57.2 Å². The molecule has 1 N–H and O–H groups in total. The van der Waals surface area contributed by atoms with E-state index in [-0.39, 0.29) is 0 Å². The van der Waals surface area contributed by atoms with Gasteiger partial charge in [-0.2, -0.15) is 0 Å². The fraction of sp³-hybridized carbons (Fsp3) is 0.500. The van der Waals surface area contributed by atoms with E-state index in [0.29, 0.717) is 0 Å². The number of aromatic nitrogens is 1. The molecule has 186 valence electrons. The minimum absolute atomic E-state index is 0.861. The number of fused-ring (bicyclic) bond motifs is 1. The first-order valence-corrected chi connectivity index (χ1v) is 13.4. The van der Waals surface area contributed by atoms with Crippen molar-refractivity contribution in [2.75, 3.05) is 58.7 Å². The first-order chi connectivity index (χ1) is 17.2. The number of rotatable bonds is 11. The second-order valence-corrected chi connectivity index (χ2v) is 10.5. The van der Waals surface area contributed by atoms with Crippen molar-refractivity contribution in [1.29, 1.82) is 0 Å². The SMILES string of the molecule is COc1ccc(-c2cc(NCCCN(C)CC3CCN(CC4CC4)CC3)c3ccccc3n2)cc1. The maximum absolute atomic E-state index is 5.31. The Labute approximate surface area is 210 Å². The lowest BCUT2D eigenvalue weighted by Gasteiger charge is -2.34. The molecule has 0 radical (unpaired) electrons. The van der Waals surface area contributed by atoms with Crippen LogP contribution in [0.4, 0.5) is 5.69 Å². The molecule has 3 aromatic rings. The minimum Gasteiger partial charge on any atom is -0.497 e. The van der Waals surface area contributed by atoms with Crippen molar-refractivity contribution in [3.63, 3.8) is 0 Å². The van der Waals surface area contributed by atoms with Gasteiger partial charge in [-0.05, 0) is 107 Å². The number of nitrogens with one attached hydrogen (secondary N) is 1. The van der Waals surface area contributed by atoms with Crippen LogP contribution in [0.2, 0.25) is 0 Å². The number of likely N-dealkylation sites (tertiary alicyclic amines) is 1. The summed E-state index contributed by atoms with van der Waals surface area (Å²) in [5, 5.41) is 4.89. The van der Waals surface area contributed by atoms with Crippen LogP contribution >= 0.6 is 0 Å². The van der Waals surface area contributed by atoms with E-state index in [1.54, 1.807) is 7.11 Å². The summed E-state index contributed by atoms with van der Waals surface area (Å²) >= 11 is 0. The average Bonchev–Trinajstić information content (AvgIpc) is 3.71. The van der Waals surface area contributed by atoms with Crippen LogP contribution in [0.3, 0.4) is 0 Å². The van der Waals surface area contributed by atoms with E-state index in [9.17, 15) is 0 Å². The molecule has 0 amide bonds. The molecule has 1 saturated carbocycles. The largest absolute Gasteiger partial charge is 0.497 e. The molecule has 0 unspecified atom stereocenters. The number of hydrogen-bond donors (Lipinski definition) is 1. The molecule has 35 heavy (non-hydrogen) atoms. The average molecular weight is 473 g/mol. The number of ether oxygens (including phenoxy) is 1. The highest BCUT2D eigenvalue weighted by Gasteiger charge is 2.27. The zero-order chi connectivity index (χ0) is 24.0. The van der Waals surface area contributed by atoms with E-state index < -0.39 is 0 Å². The summed E-state index contributed by atoms with van der Waals surface area (Å²) in [4.78, 5) is 10.2. The summed E-state index contributed by atoms with van der Waals surface area (Å²) in [5.41, 5.74) is 4.27. The van der Waals surface area contributed by atoms with Crippen LogP contribution in [0.5, 0.6) is 5.75 Å². The summed E-state index contributed by atoms with van der Waals surface area (Å²) in [7, 11) is 3.99. The van der Waals surface area contributed by atoms with Crippen LogP contribution in [0.25, 0.3) is 22.2 Å². The predicted molar refractivity (Wildman–Crippen MR) is 146 cm³/mol. The van der Waals surface area contributed by atoms with Crippen molar-refractivity contribution in [2.24, 2.45) is 11.8 Å². The van der Waals surface area contributed by atoms with Crippen molar-refractivity contribution in [3.8, 4) is 17.0 Å². The van der Waals surface area contributed by atoms with E-state index in [4.69, 9.17) is 9.72 Å². The van der Waals surface area contributed by atoms with Gasteiger partial charge >= 0.3 is 0 Å². The van der Waals surface area contributed by atoms with Crippen molar-refractivity contribution in [1.82, 2.24) is 14.8 Å². The van der Waals surface area contributed by atoms with Gasteiger partial charge in [-0.3, -0.25) is 0 Å². The van der Waals surface area contributed by atoms with Crippen LogP contribution in [0, 0.1) is 11.8 Å². The molecule has 0 bridgehead atoms. The van der Waals surface area contributed by atoms with Crippen molar-refractivity contribution >= 4 is 16.6 Å². The van der Waals surface area contributed by atoms with E-state index in [0.717, 1.165) is 59.6 Å². The van der Waals surface area contributed by atoms with Crippen LogP contribution in [-0.2, 0) is 0 Å². The summed E-state index contributed by atoms with van der Waals surface area (Å²) in [6, 6.07) is 18.7. The Morgan fingerprint density at radius 2 is 1.77 bits per heavy atom. The van der Waals surface area contributed by atoms with Crippen molar-refractivity contribution in [2.45, 2.75) is 32.1 Å². The maximum Gasteiger partial charge on any atom is 0.118 e. The van der Waals surface area contributed by atoms with Gasteiger partial charge in [0.25, 0.3) is 0 Å². The lowest BCUT2D eigenvalue weighted by atomic mass is 9.96. The number of anilines is 1. The number of piperidine rings is 1. The van der Waals surface area contributed by atoms with E-state index in [2.05, 4.69) is 64.6 Å². The molecule has 5 heteroatoms. The van der Waals surface area contributed by atoms with Gasteiger partial charge in [0.05, 0.1) is 18.3 Å². The number of hydrogen-bond acceptors (Lipinski definition) is 5. The molecular formula is C30H40N4O. The molecule has 0 atom stereocenters. The summed E-state index contributed by atoms with van der Waals surface area (Å²) in [6.45, 7) is 7.30. The highest BCUT2D eigenvalue weighted by atomic mass is 16.5. The fourth-order valence-electron chi connectivity index (χ4n) is 5.35. The van der Waals surface area contributed by atoms with Crippen LogP contribution < -0.4 is 10.1 Å². The minimum atomic E-state index is 0.861. The Hall–Kier alpha value is -2.63. The maximum atomic E-state index is 5.31. The molecule has 5 nitrogen and oxygen atoms in total.